The van der Waals surface area contributed by atoms with Gasteiger partial charge in [-0.15, -0.1) is 0 Å². The van der Waals surface area contributed by atoms with Crippen molar-refractivity contribution in [3.05, 3.63) is 53.7 Å². The van der Waals surface area contributed by atoms with Crippen LogP contribution in [0.25, 0.3) is 0 Å². The molecule has 0 aliphatic carbocycles. The van der Waals surface area contributed by atoms with E-state index in [0.717, 1.165) is 17.8 Å². The Hall–Kier alpha value is -2.01. The van der Waals surface area contributed by atoms with Crippen LogP contribution in [0.1, 0.15) is 5.56 Å². The van der Waals surface area contributed by atoms with Crippen LogP contribution in [0, 0.1) is 11.6 Å². The molecule has 0 saturated carbocycles. The lowest BCUT2D eigenvalue weighted by atomic mass is 10.2. The molecule has 17 heavy (non-hydrogen) atoms. The van der Waals surface area contributed by atoms with E-state index in [1.54, 1.807) is 18.2 Å². The van der Waals surface area contributed by atoms with Crippen LogP contribution in [0.5, 0.6) is 0 Å². The minimum atomic E-state index is -0.733. The van der Waals surface area contributed by atoms with Crippen LogP contribution >= 0.6 is 0 Å². The van der Waals surface area contributed by atoms with Gasteiger partial charge in [0.25, 0.3) is 0 Å². The quantitative estimate of drug-likeness (QED) is 0.859. The normalized spacial score (nSPS) is 10.3. The summed E-state index contributed by atoms with van der Waals surface area (Å²) < 4.78 is 26.0. The van der Waals surface area contributed by atoms with Gasteiger partial charge in [0.15, 0.2) is 11.6 Å². The Bertz CT molecular complexity index is 529. The highest BCUT2D eigenvalue weighted by Crippen LogP contribution is 2.18. The standard InChI is InChI=1S/C12H11F2N3/c13-9-5-11(14)12(16-7-9)17-10-3-1-2-8(4-10)6-15/h1-5,7H,6,15H2,(H,16,17). The van der Waals surface area contributed by atoms with Crippen LogP contribution < -0.4 is 11.1 Å². The number of benzene rings is 1. The van der Waals surface area contributed by atoms with E-state index in [2.05, 4.69) is 10.3 Å². The SMILES string of the molecule is NCc1cccc(Nc2ncc(F)cc2F)c1. The molecule has 2 rings (SSSR count). The zero-order valence-electron chi connectivity index (χ0n) is 8.95. The number of hydrogen-bond donors (Lipinski definition) is 2. The van der Waals surface area contributed by atoms with E-state index >= 15 is 0 Å². The maximum atomic E-state index is 13.3. The number of aromatic nitrogens is 1. The lowest BCUT2D eigenvalue weighted by Crippen LogP contribution is -2.00. The van der Waals surface area contributed by atoms with E-state index in [-0.39, 0.29) is 5.82 Å². The molecule has 0 bridgehead atoms. The lowest BCUT2D eigenvalue weighted by molar-refractivity contribution is 0.576. The number of nitrogens with one attached hydrogen (secondary N) is 1. The van der Waals surface area contributed by atoms with Gasteiger partial charge in [0, 0.05) is 18.3 Å². The largest absolute Gasteiger partial charge is 0.338 e. The molecule has 0 aliphatic rings. The highest BCUT2D eigenvalue weighted by Gasteiger charge is 2.05. The van der Waals surface area contributed by atoms with E-state index in [0.29, 0.717) is 12.2 Å². The van der Waals surface area contributed by atoms with Crippen LogP contribution in [0.2, 0.25) is 0 Å². The van der Waals surface area contributed by atoms with Crippen molar-refractivity contribution in [1.29, 1.82) is 0 Å². The molecule has 0 aliphatic heterocycles. The van der Waals surface area contributed by atoms with E-state index in [1.807, 2.05) is 6.07 Å². The predicted octanol–water partition coefficient (Wildman–Crippen LogP) is 2.56. The molecule has 0 unspecified atom stereocenters. The fourth-order valence-corrected chi connectivity index (χ4v) is 1.42. The number of nitrogens with two attached hydrogens (primary N) is 1. The van der Waals surface area contributed by atoms with Crippen LogP contribution in [-0.4, -0.2) is 4.98 Å². The molecule has 5 heteroatoms. The Kier molecular flexibility index (Phi) is 3.30. The Morgan fingerprint density at radius 1 is 1.24 bits per heavy atom. The number of rotatable bonds is 3. The average molecular weight is 235 g/mol. The summed E-state index contributed by atoms with van der Waals surface area (Å²) >= 11 is 0. The highest BCUT2D eigenvalue weighted by atomic mass is 19.1. The molecule has 0 amide bonds. The second kappa shape index (κ2) is 4.88. The summed E-state index contributed by atoms with van der Waals surface area (Å²) in [5, 5.41) is 2.77. The molecule has 2 aromatic rings. The Balaban J connectivity index is 2.25. The van der Waals surface area contributed by atoms with Crippen LogP contribution in [0.3, 0.4) is 0 Å². The van der Waals surface area contributed by atoms with Crippen molar-refractivity contribution in [3.63, 3.8) is 0 Å². The second-order valence-electron chi connectivity index (χ2n) is 3.51. The Labute approximate surface area is 97.3 Å². The maximum absolute atomic E-state index is 13.3. The molecule has 0 radical (unpaired) electrons. The van der Waals surface area contributed by atoms with E-state index in [9.17, 15) is 8.78 Å². The maximum Gasteiger partial charge on any atom is 0.168 e. The average Bonchev–Trinajstić information content (AvgIpc) is 2.33. The molecule has 88 valence electrons. The van der Waals surface area contributed by atoms with Crippen LogP contribution in [-0.2, 0) is 6.54 Å². The molecule has 1 aromatic heterocycles. The molecule has 3 nitrogen and oxygen atoms in total. The third-order valence-electron chi connectivity index (χ3n) is 2.23. The monoisotopic (exact) mass is 235 g/mol. The summed E-state index contributed by atoms with van der Waals surface area (Å²) in [6.45, 7) is 0.398. The summed E-state index contributed by atoms with van der Waals surface area (Å²) in [5.41, 5.74) is 7.07. The van der Waals surface area contributed by atoms with E-state index in [1.165, 1.54) is 0 Å². The van der Waals surface area contributed by atoms with E-state index < -0.39 is 11.6 Å². The van der Waals surface area contributed by atoms with Gasteiger partial charge in [-0.05, 0) is 17.7 Å². The lowest BCUT2D eigenvalue weighted by Gasteiger charge is -2.07. The van der Waals surface area contributed by atoms with Crippen molar-refractivity contribution < 1.29 is 8.78 Å². The van der Waals surface area contributed by atoms with E-state index in [4.69, 9.17) is 5.73 Å². The third-order valence-corrected chi connectivity index (χ3v) is 2.23. The number of anilines is 2. The van der Waals surface area contributed by atoms with Crippen molar-refractivity contribution >= 4 is 11.5 Å². The first-order valence-corrected chi connectivity index (χ1v) is 5.06. The third kappa shape index (κ3) is 2.76. The summed E-state index contributed by atoms with van der Waals surface area (Å²) in [4.78, 5) is 3.64. The van der Waals surface area contributed by atoms with Gasteiger partial charge in [-0.25, -0.2) is 13.8 Å². The molecule has 0 atom stereocenters. The van der Waals surface area contributed by atoms with Gasteiger partial charge in [-0.2, -0.15) is 0 Å². The first-order valence-electron chi connectivity index (χ1n) is 5.06. The summed E-state index contributed by atoms with van der Waals surface area (Å²) in [5.74, 6) is -1.45. The highest BCUT2D eigenvalue weighted by molar-refractivity contribution is 5.57. The van der Waals surface area contributed by atoms with Gasteiger partial charge in [-0.1, -0.05) is 12.1 Å². The summed E-state index contributed by atoms with van der Waals surface area (Å²) in [7, 11) is 0. The molecular weight excluding hydrogens is 224 g/mol. The van der Waals surface area contributed by atoms with Gasteiger partial charge in [0.1, 0.15) is 5.82 Å². The van der Waals surface area contributed by atoms with Crippen molar-refractivity contribution in [3.8, 4) is 0 Å². The van der Waals surface area contributed by atoms with Gasteiger partial charge in [0.2, 0.25) is 0 Å². The molecule has 1 heterocycles. The van der Waals surface area contributed by atoms with Gasteiger partial charge in [-0.3, -0.25) is 0 Å². The number of hydrogen-bond acceptors (Lipinski definition) is 3. The van der Waals surface area contributed by atoms with Crippen molar-refractivity contribution in [2.75, 3.05) is 5.32 Å². The summed E-state index contributed by atoms with van der Waals surface area (Å²) in [6, 6.07) is 7.97. The molecular formula is C12H11F2N3. The predicted molar refractivity (Wildman–Crippen MR) is 61.8 cm³/mol. The van der Waals surface area contributed by atoms with Crippen molar-refractivity contribution in [2.24, 2.45) is 5.73 Å². The smallest absolute Gasteiger partial charge is 0.168 e. The zero-order chi connectivity index (χ0) is 12.3. The number of pyridine rings is 1. The van der Waals surface area contributed by atoms with Crippen molar-refractivity contribution in [2.45, 2.75) is 6.54 Å². The van der Waals surface area contributed by atoms with Gasteiger partial charge >= 0.3 is 0 Å². The molecule has 1 aromatic carbocycles. The summed E-state index contributed by atoms with van der Waals surface area (Å²) in [6.07, 6.45) is 0.957. The minimum absolute atomic E-state index is 0.0134. The Morgan fingerprint density at radius 3 is 2.76 bits per heavy atom. The molecule has 3 N–H and O–H groups in total. The second-order valence-corrected chi connectivity index (χ2v) is 3.51. The van der Waals surface area contributed by atoms with Gasteiger partial charge < -0.3 is 11.1 Å². The van der Waals surface area contributed by atoms with Crippen molar-refractivity contribution in [1.82, 2.24) is 4.98 Å². The molecule has 0 spiro atoms. The number of nitrogens with zero attached hydrogens (tertiary/aromatic N) is 1. The first kappa shape index (κ1) is 11.5. The zero-order valence-corrected chi connectivity index (χ0v) is 8.95. The molecule has 0 saturated heterocycles. The topological polar surface area (TPSA) is 50.9 Å². The van der Waals surface area contributed by atoms with Gasteiger partial charge in [0.05, 0.1) is 6.20 Å². The van der Waals surface area contributed by atoms with Crippen LogP contribution in [0.15, 0.2) is 36.5 Å². The molecule has 0 fully saturated rings. The first-order chi connectivity index (χ1) is 8.19. The Morgan fingerprint density at radius 2 is 2.06 bits per heavy atom. The minimum Gasteiger partial charge on any atom is -0.338 e. The fraction of sp³-hybridized carbons (Fsp3) is 0.0833. The number of halogens is 2. The fourth-order valence-electron chi connectivity index (χ4n) is 1.42. The van der Waals surface area contributed by atoms with Crippen LogP contribution in [0.4, 0.5) is 20.3 Å².